The summed E-state index contributed by atoms with van der Waals surface area (Å²) in [6.45, 7) is 10.9. The summed E-state index contributed by atoms with van der Waals surface area (Å²) in [5.74, 6) is 0.899. The van der Waals surface area contributed by atoms with Crippen LogP contribution in [-0.4, -0.2) is 36.1 Å². The van der Waals surface area contributed by atoms with E-state index < -0.39 is 0 Å². The number of rotatable bonds is 5. The van der Waals surface area contributed by atoms with Gasteiger partial charge in [0.05, 0.1) is 0 Å². The van der Waals surface area contributed by atoms with Crippen molar-refractivity contribution >= 4 is 0 Å². The molecule has 1 unspecified atom stereocenters. The zero-order chi connectivity index (χ0) is 13.0. The molecule has 2 nitrogen and oxygen atoms in total. The van der Waals surface area contributed by atoms with Crippen molar-refractivity contribution in [2.75, 3.05) is 19.6 Å². The fraction of sp³-hybridized carbons (Fsp3) is 1.00. The predicted molar refractivity (Wildman–Crippen MR) is 78.9 cm³/mol. The highest BCUT2D eigenvalue weighted by molar-refractivity contribution is 5.00. The van der Waals surface area contributed by atoms with E-state index in [-0.39, 0.29) is 0 Å². The molecule has 1 atom stereocenters. The van der Waals surface area contributed by atoms with Crippen LogP contribution in [0, 0.1) is 5.92 Å². The molecule has 1 aliphatic heterocycles. The molecule has 0 amide bonds. The molecule has 2 rings (SSSR count). The number of hydrogen-bond acceptors (Lipinski definition) is 2. The molecule has 1 heterocycles. The molecule has 0 bridgehead atoms. The van der Waals surface area contributed by atoms with Gasteiger partial charge in [0.1, 0.15) is 0 Å². The highest BCUT2D eigenvalue weighted by Crippen LogP contribution is 2.34. The SMILES string of the molecule is CCC(CC)CN1CC2(CCCC2)NCC1CC. The molecule has 1 aliphatic carbocycles. The maximum absolute atomic E-state index is 3.89. The van der Waals surface area contributed by atoms with Crippen LogP contribution in [0.15, 0.2) is 0 Å². The van der Waals surface area contributed by atoms with Gasteiger partial charge in [-0.3, -0.25) is 4.90 Å². The topological polar surface area (TPSA) is 15.3 Å². The van der Waals surface area contributed by atoms with Gasteiger partial charge in [-0.05, 0) is 25.2 Å². The van der Waals surface area contributed by atoms with Crippen molar-refractivity contribution in [3.8, 4) is 0 Å². The van der Waals surface area contributed by atoms with Gasteiger partial charge in [0.15, 0.2) is 0 Å². The van der Waals surface area contributed by atoms with E-state index in [4.69, 9.17) is 0 Å². The predicted octanol–water partition coefficient (Wildman–Crippen LogP) is 3.42. The highest BCUT2D eigenvalue weighted by Gasteiger charge is 2.40. The van der Waals surface area contributed by atoms with Crippen molar-refractivity contribution in [3.63, 3.8) is 0 Å². The second-order valence-corrected chi connectivity index (χ2v) is 6.54. The molecule has 2 aliphatic rings. The monoisotopic (exact) mass is 252 g/mol. The normalized spacial score (nSPS) is 28.3. The third-order valence-electron chi connectivity index (χ3n) is 5.41. The van der Waals surface area contributed by atoms with Crippen LogP contribution in [0.2, 0.25) is 0 Å². The first kappa shape index (κ1) is 14.3. The molecule has 1 spiro atoms. The quantitative estimate of drug-likeness (QED) is 0.806. The maximum atomic E-state index is 3.89. The lowest BCUT2D eigenvalue weighted by atomic mass is 9.90. The average Bonchev–Trinajstić information content (AvgIpc) is 2.84. The van der Waals surface area contributed by atoms with Gasteiger partial charge in [0.2, 0.25) is 0 Å². The maximum Gasteiger partial charge on any atom is 0.0309 e. The molecular formula is C16H32N2. The summed E-state index contributed by atoms with van der Waals surface area (Å²) in [5.41, 5.74) is 0.484. The van der Waals surface area contributed by atoms with Gasteiger partial charge in [0, 0.05) is 31.2 Å². The molecule has 1 saturated heterocycles. The molecule has 0 radical (unpaired) electrons. The van der Waals surface area contributed by atoms with Crippen LogP contribution in [0.4, 0.5) is 0 Å². The van der Waals surface area contributed by atoms with Crippen molar-refractivity contribution in [3.05, 3.63) is 0 Å². The second-order valence-electron chi connectivity index (χ2n) is 6.54. The number of piperazine rings is 1. The van der Waals surface area contributed by atoms with Crippen molar-refractivity contribution < 1.29 is 0 Å². The molecule has 2 heteroatoms. The number of nitrogens with one attached hydrogen (secondary N) is 1. The van der Waals surface area contributed by atoms with E-state index in [0.29, 0.717) is 5.54 Å². The van der Waals surface area contributed by atoms with Crippen molar-refractivity contribution in [2.45, 2.75) is 77.3 Å². The highest BCUT2D eigenvalue weighted by atomic mass is 15.3. The summed E-state index contributed by atoms with van der Waals surface area (Å²) in [4.78, 5) is 2.82. The minimum Gasteiger partial charge on any atom is -0.308 e. The van der Waals surface area contributed by atoms with Crippen LogP contribution < -0.4 is 5.32 Å². The van der Waals surface area contributed by atoms with Crippen LogP contribution in [0.5, 0.6) is 0 Å². The van der Waals surface area contributed by atoms with E-state index >= 15 is 0 Å². The summed E-state index contributed by atoms with van der Waals surface area (Å²) < 4.78 is 0. The Labute approximate surface area is 114 Å². The fourth-order valence-electron chi connectivity index (χ4n) is 3.92. The van der Waals surface area contributed by atoms with Crippen molar-refractivity contribution in [1.82, 2.24) is 10.2 Å². The van der Waals surface area contributed by atoms with Gasteiger partial charge in [-0.25, -0.2) is 0 Å². The molecule has 18 heavy (non-hydrogen) atoms. The number of nitrogens with zero attached hydrogens (tertiary/aromatic N) is 1. The van der Waals surface area contributed by atoms with Crippen LogP contribution in [0.3, 0.4) is 0 Å². The van der Waals surface area contributed by atoms with E-state index in [1.807, 2.05) is 0 Å². The first-order valence-electron chi connectivity index (χ1n) is 8.22. The smallest absolute Gasteiger partial charge is 0.0309 e. The zero-order valence-corrected chi connectivity index (χ0v) is 12.7. The van der Waals surface area contributed by atoms with Crippen LogP contribution in [-0.2, 0) is 0 Å². The van der Waals surface area contributed by atoms with Gasteiger partial charge in [-0.15, -0.1) is 0 Å². The molecule has 1 N–H and O–H groups in total. The Morgan fingerprint density at radius 2 is 1.83 bits per heavy atom. The Morgan fingerprint density at radius 1 is 1.17 bits per heavy atom. The van der Waals surface area contributed by atoms with E-state index in [9.17, 15) is 0 Å². The Balaban J connectivity index is 1.98. The van der Waals surface area contributed by atoms with Gasteiger partial charge in [-0.1, -0.05) is 46.5 Å². The summed E-state index contributed by atoms with van der Waals surface area (Å²) >= 11 is 0. The first-order chi connectivity index (χ1) is 8.73. The fourth-order valence-corrected chi connectivity index (χ4v) is 3.92. The lowest BCUT2D eigenvalue weighted by molar-refractivity contribution is 0.0627. The van der Waals surface area contributed by atoms with Gasteiger partial charge in [0.25, 0.3) is 0 Å². The van der Waals surface area contributed by atoms with Crippen molar-refractivity contribution in [2.24, 2.45) is 5.92 Å². The number of hydrogen-bond donors (Lipinski definition) is 1. The summed E-state index contributed by atoms with van der Waals surface area (Å²) in [7, 11) is 0. The third-order valence-corrected chi connectivity index (χ3v) is 5.41. The van der Waals surface area contributed by atoms with Gasteiger partial charge >= 0.3 is 0 Å². The average molecular weight is 252 g/mol. The van der Waals surface area contributed by atoms with Crippen LogP contribution in [0.1, 0.15) is 65.7 Å². The Morgan fingerprint density at radius 3 is 2.39 bits per heavy atom. The minimum absolute atomic E-state index is 0.484. The van der Waals surface area contributed by atoms with E-state index in [0.717, 1.165) is 12.0 Å². The minimum atomic E-state index is 0.484. The molecule has 0 aromatic rings. The Bertz CT molecular complexity index is 241. The molecule has 106 valence electrons. The lowest BCUT2D eigenvalue weighted by Gasteiger charge is -2.47. The molecule has 1 saturated carbocycles. The molecule has 0 aromatic heterocycles. The van der Waals surface area contributed by atoms with Gasteiger partial charge < -0.3 is 5.32 Å². The van der Waals surface area contributed by atoms with E-state index in [2.05, 4.69) is 31.0 Å². The molecular weight excluding hydrogens is 220 g/mol. The summed E-state index contributed by atoms with van der Waals surface area (Å²) in [6.07, 6.45) is 9.65. The molecule has 0 aromatic carbocycles. The van der Waals surface area contributed by atoms with Crippen LogP contribution in [0.25, 0.3) is 0 Å². The summed E-state index contributed by atoms with van der Waals surface area (Å²) in [5, 5.41) is 3.89. The first-order valence-corrected chi connectivity index (χ1v) is 8.22. The molecule has 2 fully saturated rings. The van der Waals surface area contributed by atoms with Crippen LogP contribution >= 0.6 is 0 Å². The largest absolute Gasteiger partial charge is 0.308 e. The second kappa shape index (κ2) is 6.38. The third kappa shape index (κ3) is 3.08. The van der Waals surface area contributed by atoms with E-state index in [1.165, 1.54) is 64.6 Å². The van der Waals surface area contributed by atoms with Crippen molar-refractivity contribution in [1.29, 1.82) is 0 Å². The lowest BCUT2D eigenvalue weighted by Crippen LogP contribution is -2.63. The summed E-state index contributed by atoms with van der Waals surface area (Å²) in [6, 6.07) is 0.775. The standard InChI is InChI=1S/C16H32N2/c1-4-14(5-2)12-18-13-16(9-7-8-10-16)17-11-15(18)6-3/h14-15,17H,4-13H2,1-3H3. The Kier molecular flexibility index (Phi) is 5.08. The zero-order valence-electron chi connectivity index (χ0n) is 12.7. The Hall–Kier alpha value is -0.0800. The van der Waals surface area contributed by atoms with Gasteiger partial charge in [-0.2, -0.15) is 0 Å². The van der Waals surface area contributed by atoms with E-state index in [1.54, 1.807) is 0 Å².